The molecule has 0 unspecified atom stereocenters. The number of halogens is 2. The molecule has 4 nitrogen and oxygen atoms in total. The maximum atomic E-state index is 15.0. The molecule has 2 heterocycles. The van der Waals surface area contributed by atoms with E-state index in [0.717, 1.165) is 36.2 Å². The minimum absolute atomic E-state index is 0.0694. The molecule has 0 spiro atoms. The molecule has 2 N–H and O–H groups in total. The van der Waals surface area contributed by atoms with E-state index >= 15 is 4.39 Å². The van der Waals surface area contributed by atoms with E-state index in [0.29, 0.717) is 17.1 Å². The Kier molecular flexibility index (Phi) is 7.61. The molecule has 0 radical (unpaired) electrons. The standard InChI is InChI=1S/C28H38F2N4/c1-17(2)33-26(19(4)9-20-13-27(5,6)34-28(7,8)14-20)10-18(3)22-11-25(30)23(12-24(22)29)21-15-31-32-16-21/h10-12,15-16,20,34H,9,13-14H2,1-8H3,(H,31,32)/b18-10+,26-19-. The highest BCUT2D eigenvalue weighted by molar-refractivity contribution is 5.81. The SMILES string of the molecule is CC(C)=NC(/C=C(\C)c1cc(F)c(-c2cn[nH]c2)cc1F)=C(/C)CC1CC(C)(C)NC(C)(C)C1. The molecule has 0 bridgehead atoms. The van der Waals surface area contributed by atoms with E-state index < -0.39 is 11.6 Å². The molecular weight excluding hydrogens is 430 g/mol. The van der Waals surface area contributed by atoms with Gasteiger partial charge in [-0.3, -0.25) is 10.1 Å². The molecule has 0 atom stereocenters. The number of aromatic nitrogens is 2. The third-order valence-corrected chi connectivity index (χ3v) is 6.29. The molecule has 1 fully saturated rings. The molecule has 184 valence electrons. The zero-order valence-corrected chi connectivity index (χ0v) is 21.7. The highest BCUT2D eigenvalue weighted by atomic mass is 19.1. The summed E-state index contributed by atoms with van der Waals surface area (Å²) < 4.78 is 29.9. The second-order valence-corrected chi connectivity index (χ2v) is 11.2. The van der Waals surface area contributed by atoms with Crippen molar-refractivity contribution < 1.29 is 8.78 Å². The summed E-state index contributed by atoms with van der Waals surface area (Å²) >= 11 is 0. The number of piperidine rings is 1. The van der Waals surface area contributed by atoms with E-state index in [1.54, 1.807) is 13.1 Å². The second kappa shape index (κ2) is 9.95. The van der Waals surface area contributed by atoms with Gasteiger partial charge in [0, 0.05) is 39.7 Å². The highest BCUT2D eigenvalue weighted by Gasteiger charge is 2.37. The van der Waals surface area contributed by atoms with Crippen molar-refractivity contribution >= 4 is 11.3 Å². The number of nitrogens with one attached hydrogen (secondary N) is 2. The number of hydrogen-bond donors (Lipinski definition) is 2. The van der Waals surface area contributed by atoms with E-state index in [2.05, 4.69) is 50.1 Å². The number of H-pyrrole nitrogens is 1. The molecule has 1 aromatic heterocycles. The minimum atomic E-state index is -0.484. The van der Waals surface area contributed by atoms with Crippen LogP contribution in [0.15, 0.2) is 46.9 Å². The van der Waals surface area contributed by atoms with Crippen LogP contribution >= 0.6 is 0 Å². The number of benzene rings is 1. The zero-order chi connectivity index (χ0) is 25.3. The Morgan fingerprint density at radius 1 is 1.06 bits per heavy atom. The van der Waals surface area contributed by atoms with Crippen LogP contribution in [0, 0.1) is 17.6 Å². The summed E-state index contributed by atoms with van der Waals surface area (Å²) in [4.78, 5) is 4.77. The van der Waals surface area contributed by atoms with Gasteiger partial charge in [0.05, 0.1) is 11.9 Å². The quantitative estimate of drug-likeness (QED) is 0.341. The average molecular weight is 469 g/mol. The molecule has 6 heteroatoms. The third-order valence-electron chi connectivity index (χ3n) is 6.29. The van der Waals surface area contributed by atoms with Crippen molar-refractivity contribution in [2.24, 2.45) is 10.9 Å². The zero-order valence-electron chi connectivity index (χ0n) is 21.7. The summed E-state index contributed by atoms with van der Waals surface area (Å²) in [6.07, 6.45) is 7.98. The normalized spacial score (nSPS) is 19.1. The fourth-order valence-electron chi connectivity index (χ4n) is 5.46. The summed E-state index contributed by atoms with van der Waals surface area (Å²) in [5, 5.41) is 10.2. The number of aromatic amines is 1. The smallest absolute Gasteiger partial charge is 0.131 e. The predicted molar refractivity (Wildman–Crippen MR) is 138 cm³/mol. The average Bonchev–Trinajstić information content (AvgIpc) is 3.20. The van der Waals surface area contributed by atoms with Crippen LogP contribution in [-0.4, -0.2) is 27.0 Å². The van der Waals surface area contributed by atoms with Crippen LogP contribution in [0.2, 0.25) is 0 Å². The molecule has 1 aliphatic heterocycles. The van der Waals surface area contributed by atoms with Crippen molar-refractivity contribution in [3.63, 3.8) is 0 Å². The van der Waals surface area contributed by atoms with Crippen molar-refractivity contribution in [2.45, 2.75) is 85.7 Å². The molecule has 2 aromatic rings. The largest absolute Gasteiger partial charge is 0.307 e. The lowest BCUT2D eigenvalue weighted by molar-refractivity contribution is 0.128. The Bertz CT molecular complexity index is 1100. The lowest BCUT2D eigenvalue weighted by Gasteiger charge is -2.46. The Morgan fingerprint density at radius 3 is 2.26 bits per heavy atom. The Balaban J connectivity index is 1.95. The topological polar surface area (TPSA) is 53.1 Å². The van der Waals surface area contributed by atoms with Crippen molar-refractivity contribution in [2.75, 3.05) is 0 Å². The molecule has 1 aromatic carbocycles. The third kappa shape index (κ3) is 6.50. The Hall–Kier alpha value is -2.60. The van der Waals surface area contributed by atoms with Gasteiger partial charge in [-0.25, -0.2) is 8.78 Å². The molecule has 0 aliphatic carbocycles. The summed E-state index contributed by atoms with van der Waals surface area (Å²) in [6.45, 7) is 16.8. The summed E-state index contributed by atoms with van der Waals surface area (Å²) in [7, 11) is 0. The monoisotopic (exact) mass is 468 g/mol. The first-order valence-corrected chi connectivity index (χ1v) is 11.9. The van der Waals surface area contributed by atoms with Crippen LogP contribution in [-0.2, 0) is 0 Å². The van der Waals surface area contributed by atoms with Gasteiger partial charge in [-0.05, 0) is 110 Å². The molecule has 3 rings (SSSR count). The van der Waals surface area contributed by atoms with Crippen LogP contribution in [0.25, 0.3) is 16.7 Å². The van der Waals surface area contributed by atoms with Gasteiger partial charge in [0.2, 0.25) is 0 Å². The molecule has 1 saturated heterocycles. The first kappa shape index (κ1) is 26.0. The fraction of sp³-hybridized carbons (Fsp3) is 0.500. The van der Waals surface area contributed by atoms with Gasteiger partial charge in [-0.2, -0.15) is 5.10 Å². The second-order valence-electron chi connectivity index (χ2n) is 11.2. The van der Waals surface area contributed by atoms with Gasteiger partial charge in [0.25, 0.3) is 0 Å². The molecule has 1 aliphatic rings. The number of rotatable bonds is 6. The van der Waals surface area contributed by atoms with Gasteiger partial charge in [-0.15, -0.1) is 0 Å². The number of hydrogen-bond acceptors (Lipinski definition) is 3. The maximum absolute atomic E-state index is 15.0. The number of aliphatic imine (C=N–C) groups is 1. The predicted octanol–water partition coefficient (Wildman–Crippen LogP) is 7.46. The lowest BCUT2D eigenvalue weighted by Crippen LogP contribution is -2.57. The Labute approximate surface area is 202 Å². The van der Waals surface area contributed by atoms with Gasteiger partial charge in [0.15, 0.2) is 0 Å². The Morgan fingerprint density at radius 2 is 1.71 bits per heavy atom. The summed E-state index contributed by atoms with van der Waals surface area (Å²) in [5.74, 6) is -0.435. The van der Waals surface area contributed by atoms with Crippen LogP contribution in [0.4, 0.5) is 8.78 Å². The fourth-order valence-corrected chi connectivity index (χ4v) is 5.46. The number of allylic oxidation sites excluding steroid dienone is 3. The molecule has 0 saturated carbocycles. The van der Waals surface area contributed by atoms with Crippen molar-refractivity contribution in [1.29, 1.82) is 0 Å². The van der Waals surface area contributed by atoms with Gasteiger partial charge in [-0.1, -0.05) is 0 Å². The molecule has 34 heavy (non-hydrogen) atoms. The van der Waals surface area contributed by atoms with Crippen molar-refractivity contribution in [3.05, 3.63) is 59.1 Å². The molecule has 0 amide bonds. The van der Waals surface area contributed by atoms with E-state index in [9.17, 15) is 4.39 Å². The van der Waals surface area contributed by atoms with E-state index in [1.165, 1.54) is 18.3 Å². The van der Waals surface area contributed by atoms with Crippen molar-refractivity contribution in [3.8, 4) is 11.1 Å². The van der Waals surface area contributed by atoms with Crippen LogP contribution in [0.3, 0.4) is 0 Å². The number of nitrogens with zero attached hydrogens (tertiary/aromatic N) is 2. The molecular formula is C28H38F2N4. The first-order chi connectivity index (χ1) is 15.8. The minimum Gasteiger partial charge on any atom is -0.307 e. The van der Waals surface area contributed by atoms with Gasteiger partial charge >= 0.3 is 0 Å². The van der Waals surface area contributed by atoms with Crippen LogP contribution in [0.1, 0.15) is 80.2 Å². The van der Waals surface area contributed by atoms with Gasteiger partial charge in [0.1, 0.15) is 11.6 Å². The van der Waals surface area contributed by atoms with Gasteiger partial charge < -0.3 is 5.32 Å². The van der Waals surface area contributed by atoms with Crippen LogP contribution < -0.4 is 5.32 Å². The lowest BCUT2D eigenvalue weighted by atomic mass is 9.73. The van der Waals surface area contributed by atoms with E-state index in [4.69, 9.17) is 4.99 Å². The van der Waals surface area contributed by atoms with E-state index in [-0.39, 0.29) is 22.2 Å². The summed E-state index contributed by atoms with van der Waals surface area (Å²) in [6, 6.07) is 2.49. The maximum Gasteiger partial charge on any atom is 0.131 e. The van der Waals surface area contributed by atoms with E-state index in [1.807, 2.05) is 19.9 Å². The first-order valence-electron chi connectivity index (χ1n) is 11.9. The van der Waals surface area contributed by atoms with Crippen molar-refractivity contribution in [1.82, 2.24) is 15.5 Å². The van der Waals surface area contributed by atoms with Crippen LogP contribution in [0.5, 0.6) is 0 Å². The summed E-state index contributed by atoms with van der Waals surface area (Å²) in [5.41, 5.74) is 4.63. The highest BCUT2D eigenvalue weighted by Crippen LogP contribution is 2.37.